The first-order chi connectivity index (χ1) is 4.38. The largest absolute Gasteiger partial charge is 0.385 e. The zero-order chi connectivity index (χ0) is 6.69. The Morgan fingerprint density at radius 2 is 2.22 bits per heavy atom. The van der Waals surface area contributed by atoms with Gasteiger partial charge in [-0.3, -0.25) is 0 Å². The van der Waals surface area contributed by atoms with Gasteiger partial charge in [0.1, 0.15) is 0 Å². The summed E-state index contributed by atoms with van der Waals surface area (Å²) in [4.78, 5) is 0. The van der Waals surface area contributed by atoms with Crippen molar-refractivity contribution >= 4 is 0 Å². The minimum Gasteiger partial charge on any atom is -0.385 e. The molecule has 1 aliphatic heterocycles. The van der Waals surface area contributed by atoms with Gasteiger partial charge in [0.15, 0.2) is 0 Å². The summed E-state index contributed by atoms with van der Waals surface area (Å²) in [5, 5.41) is 0. The van der Waals surface area contributed by atoms with Gasteiger partial charge >= 0.3 is 0 Å². The van der Waals surface area contributed by atoms with Gasteiger partial charge in [0, 0.05) is 13.7 Å². The molecule has 2 nitrogen and oxygen atoms in total. The van der Waals surface area contributed by atoms with Crippen molar-refractivity contribution in [3.63, 3.8) is 0 Å². The first kappa shape index (κ1) is 7.03. The lowest BCUT2D eigenvalue weighted by Gasteiger charge is -1.91. The number of hydrogen-bond acceptors (Lipinski definition) is 2. The van der Waals surface area contributed by atoms with E-state index in [1.54, 1.807) is 7.11 Å². The van der Waals surface area contributed by atoms with E-state index in [1.807, 2.05) is 0 Å². The van der Waals surface area contributed by atoms with Gasteiger partial charge in [-0.15, -0.1) is 0 Å². The molecule has 1 aliphatic rings. The van der Waals surface area contributed by atoms with Crippen molar-refractivity contribution in [2.24, 2.45) is 0 Å². The summed E-state index contributed by atoms with van der Waals surface area (Å²) in [5.41, 5.74) is 0. The summed E-state index contributed by atoms with van der Waals surface area (Å²) in [6.07, 6.45) is 3.26. The fourth-order valence-electron chi connectivity index (χ4n) is 1.03. The molecule has 0 saturated carbocycles. The van der Waals surface area contributed by atoms with Crippen molar-refractivity contribution < 1.29 is 9.47 Å². The van der Waals surface area contributed by atoms with E-state index in [0.29, 0.717) is 12.2 Å². The monoisotopic (exact) mass is 130 g/mol. The first-order valence-electron chi connectivity index (χ1n) is 3.53. The van der Waals surface area contributed by atoms with Gasteiger partial charge in [-0.25, -0.2) is 0 Å². The maximum absolute atomic E-state index is 5.29. The first-order valence-corrected chi connectivity index (χ1v) is 3.53. The van der Waals surface area contributed by atoms with Crippen molar-refractivity contribution in [2.45, 2.75) is 32.0 Å². The molecule has 1 heterocycles. The lowest BCUT2D eigenvalue weighted by Crippen LogP contribution is -1.97. The molecular formula is C7H14O2. The summed E-state index contributed by atoms with van der Waals surface area (Å²) < 4.78 is 10.2. The van der Waals surface area contributed by atoms with Crippen molar-refractivity contribution in [1.29, 1.82) is 0 Å². The molecule has 0 bridgehead atoms. The van der Waals surface area contributed by atoms with E-state index in [2.05, 4.69) is 6.92 Å². The number of epoxide rings is 1. The Hall–Kier alpha value is -0.0800. The molecule has 0 radical (unpaired) electrons. The molecule has 0 aromatic carbocycles. The van der Waals surface area contributed by atoms with Gasteiger partial charge < -0.3 is 9.47 Å². The van der Waals surface area contributed by atoms with Crippen molar-refractivity contribution in [1.82, 2.24) is 0 Å². The van der Waals surface area contributed by atoms with Gasteiger partial charge in [0.25, 0.3) is 0 Å². The van der Waals surface area contributed by atoms with Gasteiger partial charge in [0.05, 0.1) is 12.2 Å². The van der Waals surface area contributed by atoms with Crippen LogP contribution < -0.4 is 0 Å². The molecule has 2 unspecified atom stereocenters. The second-order valence-electron chi connectivity index (χ2n) is 2.40. The highest BCUT2D eigenvalue weighted by Crippen LogP contribution is 2.27. The van der Waals surface area contributed by atoms with E-state index >= 15 is 0 Å². The minimum atomic E-state index is 0.509. The predicted molar refractivity (Wildman–Crippen MR) is 35.4 cm³/mol. The Kier molecular flexibility index (Phi) is 2.49. The van der Waals surface area contributed by atoms with Crippen LogP contribution in [0.5, 0.6) is 0 Å². The lowest BCUT2D eigenvalue weighted by atomic mass is 10.2. The van der Waals surface area contributed by atoms with Crippen LogP contribution in [-0.2, 0) is 9.47 Å². The molecule has 9 heavy (non-hydrogen) atoms. The zero-order valence-electron chi connectivity index (χ0n) is 6.09. The molecule has 0 aliphatic carbocycles. The topological polar surface area (TPSA) is 21.8 Å². The molecule has 0 aromatic rings. The molecule has 0 spiro atoms. The highest BCUT2D eigenvalue weighted by atomic mass is 16.6. The lowest BCUT2D eigenvalue weighted by molar-refractivity contribution is 0.184. The molecule has 0 N–H and O–H groups in total. The van der Waals surface area contributed by atoms with Crippen LogP contribution >= 0.6 is 0 Å². The smallest absolute Gasteiger partial charge is 0.0863 e. The zero-order valence-corrected chi connectivity index (χ0v) is 6.09. The molecule has 54 valence electrons. The van der Waals surface area contributed by atoms with Gasteiger partial charge in [0.2, 0.25) is 0 Å². The second kappa shape index (κ2) is 3.18. The molecule has 1 fully saturated rings. The van der Waals surface area contributed by atoms with Crippen LogP contribution in [-0.4, -0.2) is 25.9 Å². The van der Waals surface area contributed by atoms with E-state index in [1.165, 1.54) is 0 Å². The quantitative estimate of drug-likeness (QED) is 0.533. The molecule has 2 heteroatoms. The second-order valence-corrected chi connectivity index (χ2v) is 2.40. The average molecular weight is 130 g/mol. The van der Waals surface area contributed by atoms with E-state index in [4.69, 9.17) is 9.47 Å². The van der Waals surface area contributed by atoms with Crippen LogP contribution in [0.3, 0.4) is 0 Å². The summed E-state index contributed by atoms with van der Waals surface area (Å²) >= 11 is 0. The molecule has 0 aromatic heterocycles. The third kappa shape index (κ3) is 1.95. The Morgan fingerprint density at radius 1 is 1.44 bits per heavy atom. The van der Waals surface area contributed by atoms with Crippen molar-refractivity contribution in [3.8, 4) is 0 Å². The Balaban J connectivity index is 1.92. The van der Waals surface area contributed by atoms with Crippen LogP contribution in [0.4, 0.5) is 0 Å². The standard InChI is InChI=1S/C7H14O2/c1-3-6-7(9-6)4-5-8-2/h6-7H,3-5H2,1-2H3. The summed E-state index contributed by atoms with van der Waals surface area (Å²) in [5.74, 6) is 0. The number of methoxy groups -OCH3 is 1. The third-order valence-electron chi connectivity index (χ3n) is 1.70. The SMILES string of the molecule is CCC1OC1CCOC. The molecule has 0 amide bonds. The fourth-order valence-corrected chi connectivity index (χ4v) is 1.03. The van der Waals surface area contributed by atoms with Crippen LogP contribution in [0.15, 0.2) is 0 Å². The Bertz CT molecular complexity index is 83.0. The number of hydrogen-bond donors (Lipinski definition) is 0. The fraction of sp³-hybridized carbons (Fsp3) is 1.00. The van der Waals surface area contributed by atoms with Gasteiger partial charge in [-0.1, -0.05) is 6.92 Å². The Morgan fingerprint density at radius 3 is 2.67 bits per heavy atom. The maximum atomic E-state index is 5.29. The number of ether oxygens (including phenoxy) is 2. The highest BCUT2D eigenvalue weighted by molar-refractivity contribution is 4.82. The van der Waals surface area contributed by atoms with Gasteiger partial charge in [-0.05, 0) is 12.8 Å². The maximum Gasteiger partial charge on any atom is 0.0863 e. The van der Waals surface area contributed by atoms with Crippen molar-refractivity contribution in [2.75, 3.05) is 13.7 Å². The minimum absolute atomic E-state index is 0.509. The third-order valence-corrected chi connectivity index (χ3v) is 1.70. The normalized spacial score (nSPS) is 32.7. The van der Waals surface area contributed by atoms with E-state index in [9.17, 15) is 0 Å². The molecule has 2 atom stereocenters. The van der Waals surface area contributed by atoms with Crippen molar-refractivity contribution in [3.05, 3.63) is 0 Å². The van der Waals surface area contributed by atoms with E-state index < -0.39 is 0 Å². The molecular weight excluding hydrogens is 116 g/mol. The highest BCUT2D eigenvalue weighted by Gasteiger charge is 2.35. The molecule has 1 saturated heterocycles. The molecule has 1 rings (SSSR count). The van der Waals surface area contributed by atoms with Crippen LogP contribution in [0.1, 0.15) is 19.8 Å². The van der Waals surface area contributed by atoms with Crippen LogP contribution in [0, 0.1) is 0 Å². The van der Waals surface area contributed by atoms with Gasteiger partial charge in [-0.2, -0.15) is 0 Å². The van der Waals surface area contributed by atoms with Crippen LogP contribution in [0.2, 0.25) is 0 Å². The average Bonchev–Trinajstić information content (AvgIpc) is 2.62. The van der Waals surface area contributed by atoms with E-state index in [-0.39, 0.29) is 0 Å². The Labute approximate surface area is 56.2 Å². The summed E-state index contributed by atoms with van der Waals surface area (Å²) in [6, 6.07) is 0. The summed E-state index contributed by atoms with van der Waals surface area (Å²) in [7, 11) is 1.73. The predicted octanol–water partition coefficient (Wildman–Crippen LogP) is 1.20. The van der Waals surface area contributed by atoms with Crippen LogP contribution in [0.25, 0.3) is 0 Å². The van der Waals surface area contributed by atoms with E-state index in [0.717, 1.165) is 19.4 Å². The summed E-state index contributed by atoms with van der Waals surface area (Å²) in [6.45, 7) is 2.98. The number of rotatable bonds is 4.